The lowest BCUT2D eigenvalue weighted by atomic mass is 10.1. The minimum Gasteiger partial charge on any atom is -0.292 e. The summed E-state index contributed by atoms with van der Waals surface area (Å²) in [5, 5.41) is 10.00. The maximum atomic E-state index is 11.3. The maximum absolute atomic E-state index is 11.3. The molecule has 0 spiro atoms. The smallest absolute Gasteiger partial charge is 0.204 e. The monoisotopic (exact) mass is 194 g/mol. The van der Waals surface area contributed by atoms with Gasteiger partial charge in [-0.2, -0.15) is 0 Å². The second-order valence-electron chi connectivity index (χ2n) is 2.80. The number of pyridine rings is 1. The van der Waals surface area contributed by atoms with Gasteiger partial charge in [0.1, 0.15) is 5.69 Å². The van der Waals surface area contributed by atoms with E-state index in [1.54, 1.807) is 18.2 Å². The summed E-state index contributed by atoms with van der Waals surface area (Å²) < 4.78 is 0. The van der Waals surface area contributed by atoms with Gasteiger partial charge in [-0.05, 0) is 12.1 Å². The van der Waals surface area contributed by atoms with Gasteiger partial charge in [0, 0.05) is 24.0 Å². The Kier molecular flexibility index (Phi) is 3.72. The molecule has 1 aromatic heterocycles. The molecule has 0 aliphatic carbocycles. The Morgan fingerprint density at radius 3 is 2.86 bits per heavy atom. The number of Topliss-reactive ketones (excluding diaryl/α,β-unsaturated/α-hetero) is 1. The maximum Gasteiger partial charge on any atom is 0.204 e. The van der Waals surface area contributed by atoms with Crippen LogP contribution in [0.1, 0.15) is 23.3 Å². The number of carbonyl (C=O) groups is 1. The van der Waals surface area contributed by atoms with Gasteiger partial charge in [-0.15, -0.1) is 0 Å². The quantitative estimate of drug-likeness (QED) is 0.402. The highest BCUT2D eigenvalue weighted by Crippen LogP contribution is 2.01. The highest BCUT2D eigenvalue weighted by Gasteiger charge is 2.07. The fourth-order valence-corrected chi connectivity index (χ4v) is 1.02. The standard InChI is InChI=1S/C9H10N2O3/c12-9(5-3-7-11(13)14)8-4-1-2-6-10-8/h1-2,4,6H,3,5,7H2. The van der Waals surface area contributed by atoms with Crippen LogP contribution in [-0.4, -0.2) is 22.2 Å². The average molecular weight is 194 g/mol. The molecular weight excluding hydrogens is 184 g/mol. The Morgan fingerprint density at radius 2 is 2.29 bits per heavy atom. The van der Waals surface area contributed by atoms with E-state index < -0.39 is 4.92 Å². The molecule has 0 radical (unpaired) electrons. The summed E-state index contributed by atoms with van der Waals surface area (Å²) in [4.78, 5) is 24.8. The van der Waals surface area contributed by atoms with Crippen molar-refractivity contribution in [2.75, 3.05) is 6.54 Å². The largest absolute Gasteiger partial charge is 0.292 e. The first-order valence-corrected chi connectivity index (χ1v) is 4.26. The lowest BCUT2D eigenvalue weighted by Gasteiger charge is -1.96. The van der Waals surface area contributed by atoms with Gasteiger partial charge in [-0.3, -0.25) is 19.9 Å². The number of carbonyl (C=O) groups excluding carboxylic acids is 1. The molecule has 1 rings (SSSR count). The van der Waals surface area contributed by atoms with Crippen molar-refractivity contribution < 1.29 is 9.72 Å². The molecule has 0 fully saturated rings. The Balaban J connectivity index is 2.40. The first-order valence-electron chi connectivity index (χ1n) is 4.26. The van der Waals surface area contributed by atoms with E-state index in [0.29, 0.717) is 5.69 Å². The topological polar surface area (TPSA) is 73.1 Å². The van der Waals surface area contributed by atoms with Crippen LogP contribution in [-0.2, 0) is 0 Å². The Labute approximate surface area is 80.9 Å². The van der Waals surface area contributed by atoms with Crippen molar-refractivity contribution in [1.29, 1.82) is 0 Å². The Hall–Kier alpha value is -1.78. The number of hydrogen-bond acceptors (Lipinski definition) is 4. The van der Waals surface area contributed by atoms with Gasteiger partial charge in [-0.1, -0.05) is 6.07 Å². The zero-order valence-electron chi connectivity index (χ0n) is 7.55. The lowest BCUT2D eigenvalue weighted by molar-refractivity contribution is -0.480. The van der Waals surface area contributed by atoms with E-state index in [2.05, 4.69) is 4.98 Å². The van der Waals surface area contributed by atoms with Crippen LogP contribution in [0.15, 0.2) is 24.4 Å². The van der Waals surface area contributed by atoms with E-state index >= 15 is 0 Å². The predicted octanol–water partition coefficient (Wildman–Crippen LogP) is 1.32. The van der Waals surface area contributed by atoms with E-state index in [0.717, 1.165) is 0 Å². The predicted molar refractivity (Wildman–Crippen MR) is 49.7 cm³/mol. The number of hydrogen-bond donors (Lipinski definition) is 0. The summed E-state index contributed by atoms with van der Waals surface area (Å²) in [5.41, 5.74) is 0.371. The van der Waals surface area contributed by atoms with E-state index in [9.17, 15) is 14.9 Å². The minimum absolute atomic E-state index is 0.146. The molecule has 74 valence electrons. The summed E-state index contributed by atoms with van der Waals surface area (Å²) in [6, 6.07) is 5.04. The molecular formula is C9H10N2O3. The van der Waals surface area contributed by atoms with Gasteiger partial charge in [0.25, 0.3) is 0 Å². The highest BCUT2D eigenvalue weighted by atomic mass is 16.6. The Bertz CT molecular complexity index is 324. The molecule has 0 aliphatic heterocycles. The van der Waals surface area contributed by atoms with Crippen LogP contribution in [0.5, 0.6) is 0 Å². The number of nitrogens with zero attached hydrogens (tertiary/aromatic N) is 2. The first-order chi connectivity index (χ1) is 6.70. The molecule has 14 heavy (non-hydrogen) atoms. The molecule has 0 N–H and O–H groups in total. The number of aromatic nitrogens is 1. The summed E-state index contributed by atoms with van der Waals surface area (Å²) in [6.07, 6.45) is 1.97. The minimum atomic E-state index is -0.425. The van der Waals surface area contributed by atoms with Gasteiger partial charge < -0.3 is 0 Å². The van der Waals surface area contributed by atoms with Crippen molar-refractivity contribution in [3.05, 3.63) is 40.2 Å². The van der Waals surface area contributed by atoms with Crippen molar-refractivity contribution in [3.8, 4) is 0 Å². The second kappa shape index (κ2) is 5.06. The second-order valence-corrected chi connectivity index (χ2v) is 2.80. The van der Waals surface area contributed by atoms with Crippen LogP contribution < -0.4 is 0 Å². The zero-order chi connectivity index (χ0) is 10.4. The van der Waals surface area contributed by atoms with Gasteiger partial charge in [0.05, 0.1) is 0 Å². The number of nitro groups is 1. The van der Waals surface area contributed by atoms with Crippen LogP contribution in [0, 0.1) is 10.1 Å². The van der Waals surface area contributed by atoms with Crippen molar-refractivity contribution in [1.82, 2.24) is 4.98 Å². The lowest BCUT2D eigenvalue weighted by Crippen LogP contribution is -2.06. The molecule has 0 atom stereocenters. The Morgan fingerprint density at radius 1 is 1.50 bits per heavy atom. The normalized spacial score (nSPS) is 9.71. The molecule has 1 aromatic rings. The SMILES string of the molecule is O=C(CCC[N+](=O)[O-])c1ccccn1. The fourth-order valence-electron chi connectivity index (χ4n) is 1.02. The summed E-state index contributed by atoms with van der Waals surface area (Å²) >= 11 is 0. The van der Waals surface area contributed by atoms with E-state index in [1.807, 2.05) is 0 Å². The fraction of sp³-hybridized carbons (Fsp3) is 0.333. The third-order valence-corrected chi connectivity index (χ3v) is 1.70. The molecule has 0 saturated heterocycles. The summed E-state index contributed by atoms with van der Waals surface area (Å²) in [5.74, 6) is -0.146. The van der Waals surface area contributed by atoms with Crippen LogP contribution in [0.2, 0.25) is 0 Å². The third-order valence-electron chi connectivity index (χ3n) is 1.70. The number of ketones is 1. The molecule has 1 heterocycles. The highest BCUT2D eigenvalue weighted by molar-refractivity contribution is 5.94. The van der Waals surface area contributed by atoms with Crippen LogP contribution >= 0.6 is 0 Å². The summed E-state index contributed by atoms with van der Waals surface area (Å²) in [6.45, 7) is -0.168. The van der Waals surface area contributed by atoms with E-state index in [1.165, 1.54) is 6.20 Å². The van der Waals surface area contributed by atoms with Crippen molar-refractivity contribution in [2.45, 2.75) is 12.8 Å². The van der Waals surface area contributed by atoms with Crippen molar-refractivity contribution >= 4 is 5.78 Å². The molecule has 0 bridgehead atoms. The molecule has 0 aliphatic rings. The first kappa shape index (κ1) is 10.3. The number of rotatable bonds is 5. The molecule has 0 amide bonds. The average Bonchev–Trinajstić information content (AvgIpc) is 2.18. The van der Waals surface area contributed by atoms with E-state index in [-0.39, 0.29) is 25.2 Å². The molecule has 0 aromatic carbocycles. The van der Waals surface area contributed by atoms with Crippen molar-refractivity contribution in [3.63, 3.8) is 0 Å². The van der Waals surface area contributed by atoms with Crippen LogP contribution in [0.3, 0.4) is 0 Å². The van der Waals surface area contributed by atoms with E-state index in [4.69, 9.17) is 0 Å². The third kappa shape index (κ3) is 3.30. The van der Waals surface area contributed by atoms with Gasteiger partial charge >= 0.3 is 0 Å². The van der Waals surface area contributed by atoms with Gasteiger partial charge in [0.2, 0.25) is 6.54 Å². The van der Waals surface area contributed by atoms with Gasteiger partial charge in [0.15, 0.2) is 5.78 Å². The molecule has 5 heteroatoms. The van der Waals surface area contributed by atoms with Crippen molar-refractivity contribution in [2.24, 2.45) is 0 Å². The summed E-state index contributed by atoms with van der Waals surface area (Å²) in [7, 11) is 0. The zero-order valence-corrected chi connectivity index (χ0v) is 7.55. The molecule has 0 unspecified atom stereocenters. The van der Waals surface area contributed by atoms with Gasteiger partial charge in [-0.25, -0.2) is 0 Å². The molecule has 5 nitrogen and oxygen atoms in total. The van der Waals surface area contributed by atoms with Crippen LogP contribution in [0.4, 0.5) is 0 Å². The molecule has 0 saturated carbocycles. The van der Waals surface area contributed by atoms with Crippen LogP contribution in [0.25, 0.3) is 0 Å².